The summed E-state index contributed by atoms with van der Waals surface area (Å²) >= 11 is 11.6. The minimum absolute atomic E-state index is 0.0387. The largest absolute Gasteiger partial charge is 0.487 e. The molecule has 1 nitrogen and oxygen atoms in total. The number of benzene rings is 1. The van der Waals surface area contributed by atoms with Crippen LogP contribution in [0, 0.1) is 0 Å². The Kier molecular flexibility index (Phi) is 1.93. The van der Waals surface area contributed by atoms with Gasteiger partial charge in [-0.05, 0) is 12.1 Å². The van der Waals surface area contributed by atoms with Crippen molar-refractivity contribution in [3.63, 3.8) is 0 Å². The summed E-state index contributed by atoms with van der Waals surface area (Å²) in [6, 6.07) is 9.56. The van der Waals surface area contributed by atoms with Crippen molar-refractivity contribution in [3.8, 4) is 5.75 Å². The van der Waals surface area contributed by atoms with Crippen LogP contribution in [0.15, 0.2) is 30.3 Å². The first kappa shape index (κ1) is 8.21. The minimum atomic E-state index is -0.657. The molecule has 0 saturated heterocycles. The molecule has 64 valence electrons. The van der Waals surface area contributed by atoms with Gasteiger partial charge in [-0.15, -0.1) is 0 Å². The molecule has 1 atom stereocenters. The Morgan fingerprint density at radius 1 is 1.25 bits per heavy atom. The van der Waals surface area contributed by atoms with Crippen LogP contribution < -0.4 is 4.74 Å². The SMILES string of the molecule is ClC1(Cl)CC1Oc1ccccc1. The summed E-state index contributed by atoms with van der Waals surface area (Å²) in [6.45, 7) is 0. The molecule has 0 heterocycles. The molecular weight excluding hydrogens is 195 g/mol. The van der Waals surface area contributed by atoms with Gasteiger partial charge in [-0.3, -0.25) is 0 Å². The predicted octanol–water partition coefficient (Wildman–Crippen LogP) is 3.01. The van der Waals surface area contributed by atoms with Crippen LogP contribution in [0.4, 0.5) is 0 Å². The van der Waals surface area contributed by atoms with Gasteiger partial charge in [0.15, 0.2) is 4.33 Å². The lowest BCUT2D eigenvalue weighted by atomic mass is 10.3. The number of para-hydroxylation sites is 1. The zero-order valence-electron chi connectivity index (χ0n) is 6.34. The van der Waals surface area contributed by atoms with Crippen molar-refractivity contribution in [3.05, 3.63) is 30.3 Å². The Balaban J connectivity index is 1.98. The molecule has 1 aromatic rings. The summed E-state index contributed by atoms with van der Waals surface area (Å²) in [5, 5.41) is 0. The van der Waals surface area contributed by atoms with E-state index < -0.39 is 4.33 Å². The average molecular weight is 203 g/mol. The molecule has 1 saturated carbocycles. The molecule has 2 rings (SSSR count). The molecule has 0 spiro atoms. The first-order chi connectivity index (χ1) is 5.68. The van der Waals surface area contributed by atoms with Gasteiger partial charge in [0.1, 0.15) is 11.9 Å². The second-order valence-corrected chi connectivity index (χ2v) is 4.43. The van der Waals surface area contributed by atoms with Gasteiger partial charge in [-0.1, -0.05) is 41.4 Å². The molecule has 1 aliphatic rings. The van der Waals surface area contributed by atoms with Crippen molar-refractivity contribution in [2.75, 3.05) is 0 Å². The molecule has 0 amide bonds. The number of rotatable bonds is 2. The Bertz CT molecular complexity index is 271. The van der Waals surface area contributed by atoms with Crippen molar-refractivity contribution in [2.45, 2.75) is 16.9 Å². The first-order valence-corrected chi connectivity index (χ1v) is 4.53. The Morgan fingerprint density at radius 2 is 1.83 bits per heavy atom. The fraction of sp³-hybridized carbons (Fsp3) is 0.333. The van der Waals surface area contributed by atoms with Crippen LogP contribution in [-0.4, -0.2) is 10.4 Å². The van der Waals surface area contributed by atoms with Gasteiger partial charge in [-0.2, -0.15) is 0 Å². The highest BCUT2D eigenvalue weighted by atomic mass is 35.5. The van der Waals surface area contributed by atoms with E-state index >= 15 is 0 Å². The zero-order chi connectivity index (χ0) is 8.60. The van der Waals surface area contributed by atoms with Crippen LogP contribution in [0.2, 0.25) is 0 Å². The maximum Gasteiger partial charge on any atom is 0.158 e. The van der Waals surface area contributed by atoms with Crippen molar-refractivity contribution in [1.29, 1.82) is 0 Å². The fourth-order valence-electron chi connectivity index (χ4n) is 0.979. The van der Waals surface area contributed by atoms with Crippen molar-refractivity contribution < 1.29 is 4.74 Å². The van der Waals surface area contributed by atoms with Crippen LogP contribution in [0.1, 0.15) is 6.42 Å². The molecule has 0 aromatic heterocycles. The van der Waals surface area contributed by atoms with E-state index in [0.717, 1.165) is 5.75 Å². The molecule has 1 aromatic carbocycles. The summed E-state index contributed by atoms with van der Waals surface area (Å²) < 4.78 is 4.82. The molecule has 12 heavy (non-hydrogen) atoms. The van der Waals surface area contributed by atoms with Gasteiger partial charge >= 0.3 is 0 Å². The number of alkyl halides is 2. The number of hydrogen-bond acceptors (Lipinski definition) is 1. The summed E-state index contributed by atoms with van der Waals surface area (Å²) in [7, 11) is 0. The molecule has 1 unspecified atom stereocenters. The van der Waals surface area contributed by atoms with Crippen molar-refractivity contribution in [1.82, 2.24) is 0 Å². The van der Waals surface area contributed by atoms with Crippen LogP contribution >= 0.6 is 23.2 Å². The van der Waals surface area contributed by atoms with E-state index in [4.69, 9.17) is 27.9 Å². The molecule has 1 fully saturated rings. The molecule has 0 bridgehead atoms. The highest BCUT2D eigenvalue weighted by Crippen LogP contribution is 2.49. The summed E-state index contributed by atoms with van der Waals surface area (Å²) in [5.41, 5.74) is 0. The lowest BCUT2D eigenvalue weighted by molar-refractivity contribution is 0.300. The fourth-order valence-corrected chi connectivity index (χ4v) is 1.35. The van der Waals surface area contributed by atoms with E-state index in [1.807, 2.05) is 30.3 Å². The lowest BCUT2D eigenvalue weighted by Gasteiger charge is -2.04. The van der Waals surface area contributed by atoms with Crippen molar-refractivity contribution in [2.24, 2.45) is 0 Å². The Hall–Kier alpha value is -0.400. The van der Waals surface area contributed by atoms with Crippen molar-refractivity contribution >= 4 is 23.2 Å². The molecule has 0 N–H and O–H groups in total. The lowest BCUT2D eigenvalue weighted by Crippen LogP contribution is -2.04. The summed E-state index contributed by atoms with van der Waals surface area (Å²) in [4.78, 5) is 0. The number of ether oxygens (including phenoxy) is 1. The van der Waals surface area contributed by atoms with E-state index in [9.17, 15) is 0 Å². The minimum Gasteiger partial charge on any atom is -0.487 e. The van der Waals surface area contributed by atoms with E-state index in [2.05, 4.69) is 0 Å². The number of hydrogen-bond donors (Lipinski definition) is 0. The monoisotopic (exact) mass is 202 g/mol. The van der Waals surface area contributed by atoms with Gasteiger partial charge in [0.25, 0.3) is 0 Å². The topological polar surface area (TPSA) is 9.23 Å². The van der Waals surface area contributed by atoms with Crippen LogP contribution in [-0.2, 0) is 0 Å². The Labute approximate surface area is 81.2 Å². The van der Waals surface area contributed by atoms with E-state index in [1.165, 1.54) is 0 Å². The molecule has 0 aliphatic heterocycles. The average Bonchev–Trinajstić information content (AvgIpc) is 2.61. The smallest absolute Gasteiger partial charge is 0.158 e. The van der Waals surface area contributed by atoms with Gasteiger partial charge in [0.2, 0.25) is 0 Å². The standard InChI is InChI=1S/C9H8Cl2O/c10-9(11)6-8(9)12-7-4-2-1-3-5-7/h1-5,8H,6H2. The second-order valence-electron chi connectivity index (χ2n) is 2.88. The highest BCUT2D eigenvalue weighted by Gasteiger charge is 2.54. The molecule has 1 aliphatic carbocycles. The van der Waals surface area contributed by atoms with Crippen LogP contribution in [0.5, 0.6) is 5.75 Å². The highest BCUT2D eigenvalue weighted by molar-refractivity contribution is 6.51. The third kappa shape index (κ3) is 1.67. The molecular formula is C9H8Cl2O. The normalized spacial score (nSPS) is 25.0. The van der Waals surface area contributed by atoms with E-state index in [-0.39, 0.29) is 6.10 Å². The van der Waals surface area contributed by atoms with Crippen LogP contribution in [0.3, 0.4) is 0 Å². The third-order valence-electron chi connectivity index (χ3n) is 1.79. The van der Waals surface area contributed by atoms with Gasteiger partial charge in [0, 0.05) is 6.42 Å². The molecule has 0 radical (unpaired) electrons. The first-order valence-electron chi connectivity index (χ1n) is 3.78. The molecule has 3 heteroatoms. The van der Waals surface area contributed by atoms with Crippen LogP contribution in [0.25, 0.3) is 0 Å². The second kappa shape index (κ2) is 2.82. The predicted molar refractivity (Wildman–Crippen MR) is 49.9 cm³/mol. The maximum atomic E-state index is 5.80. The van der Waals surface area contributed by atoms with Gasteiger partial charge in [0.05, 0.1) is 0 Å². The summed E-state index contributed by atoms with van der Waals surface area (Å²) in [6.07, 6.45) is 0.675. The zero-order valence-corrected chi connectivity index (χ0v) is 7.85. The Morgan fingerprint density at radius 3 is 2.33 bits per heavy atom. The van der Waals surface area contributed by atoms with Gasteiger partial charge < -0.3 is 4.74 Å². The quantitative estimate of drug-likeness (QED) is 0.671. The maximum absolute atomic E-state index is 5.80. The van der Waals surface area contributed by atoms with E-state index in [1.54, 1.807) is 0 Å². The number of halogens is 2. The summed E-state index contributed by atoms with van der Waals surface area (Å²) in [5.74, 6) is 0.825. The van der Waals surface area contributed by atoms with Gasteiger partial charge in [-0.25, -0.2) is 0 Å². The third-order valence-corrected chi connectivity index (χ3v) is 2.59. The van der Waals surface area contributed by atoms with E-state index in [0.29, 0.717) is 6.42 Å².